The van der Waals surface area contributed by atoms with Crippen molar-refractivity contribution >= 4 is 16.7 Å². The van der Waals surface area contributed by atoms with Crippen molar-refractivity contribution in [1.29, 1.82) is 0 Å². The summed E-state index contributed by atoms with van der Waals surface area (Å²) in [7, 11) is 1.62. The fourth-order valence-electron chi connectivity index (χ4n) is 3.63. The van der Waals surface area contributed by atoms with Gasteiger partial charge in [-0.2, -0.15) is 0 Å². The third kappa shape index (κ3) is 4.44. The number of rotatable bonds is 8. The Hall–Kier alpha value is -3.64. The zero-order chi connectivity index (χ0) is 21.6. The molecular weight excluding hydrogens is 394 g/mol. The second-order valence-electron chi connectivity index (χ2n) is 7.16. The first-order chi connectivity index (χ1) is 15.2. The molecule has 1 amide bonds. The summed E-state index contributed by atoms with van der Waals surface area (Å²) >= 11 is 0. The Bertz CT molecular complexity index is 1210. The third-order valence-corrected chi connectivity index (χ3v) is 5.09. The SMILES string of the molecule is COCCCN(Cc1ccco1)C(=O)c1oc(=O)c2ccccc2c1-c1ccccc1. The van der Waals surface area contributed by atoms with Crippen LogP contribution in [-0.4, -0.2) is 31.1 Å². The minimum atomic E-state index is -0.534. The molecule has 0 aliphatic heterocycles. The lowest BCUT2D eigenvalue weighted by Crippen LogP contribution is -2.33. The highest BCUT2D eigenvalue weighted by atomic mass is 16.5. The smallest absolute Gasteiger partial charge is 0.344 e. The molecular formula is C25H23NO5. The van der Waals surface area contributed by atoms with Gasteiger partial charge in [0.2, 0.25) is 5.76 Å². The number of carbonyl (C=O) groups is 1. The normalized spacial score (nSPS) is 11.0. The van der Waals surface area contributed by atoms with E-state index in [0.717, 1.165) is 5.56 Å². The van der Waals surface area contributed by atoms with Crippen molar-refractivity contribution in [2.45, 2.75) is 13.0 Å². The van der Waals surface area contributed by atoms with Gasteiger partial charge < -0.3 is 18.5 Å². The van der Waals surface area contributed by atoms with E-state index in [1.165, 1.54) is 0 Å². The molecule has 4 aromatic rings. The van der Waals surface area contributed by atoms with Crippen LogP contribution in [0.4, 0.5) is 0 Å². The van der Waals surface area contributed by atoms with Crippen LogP contribution in [0.1, 0.15) is 22.7 Å². The van der Waals surface area contributed by atoms with Crippen molar-refractivity contribution in [1.82, 2.24) is 4.90 Å². The summed E-state index contributed by atoms with van der Waals surface area (Å²) in [4.78, 5) is 28.0. The van der Waals surface area contributed by atoms with Crippen LogP contribution in [0.2, 0.25) is 0 Å². The first-order valence-corrected chi connectivity index (χ1v) is 10.1. The average molecular weight is 417 g/mol. The molecule has 0 unspecified atom stereocenters. The molecule has 4 rings (SSSR count). The van der Waals surface area contributed by atoms with Gasteiger partial charge in [0.05, 0.1) is 18.2 Å². The number of ether oxygens (including phenoxy) is 1. The van der Waals surface area contributed by atoms with Crippen molar-refractivity contribution < 1.29 is 18.4 Å². The van der Waals surface area contributed by atoms with Gasteiger partial charge in [0.15, 0.2) is 0 Å². The van der Waals surface area contributed by atoms with E-state index >= 15 is 0 Å². The van der Waals surface area contributed by atoms with Gasteiger partial charge in [0.1, 0.15) is 5.76 Å². The first kappa shape index (κ1) is 20.6. The number of furan rings is 1. The molecule has 2 heterocycles. The maximum Gasteiger partial charge on any atom is 0.344 e. The number of hydrogen-bond donors (Lipinski definition) is 0. The number of amides is 1. The molecule has 0 spiro atoms. The second-order valence-corrected chi connectivity index (χ2v) is 7.16. The molecule has 0 saturated heterocycles. The van der Waals surface area contributed by atoms with Crippen LogP contribution in [-0.2, 0) is 11.3 Å². The van der Waals surface area contributed by atoms with Crippen molar-refractivity contribution in [2.75, 3.05) is 20.3 Å². The molecule has 158 valence electrons. The topological polar surface area (TPSA) is 72.9 Å². The monoisotopic (exact) mass is 417 g/mol. The summed E-state index contributed by atoms with van der Waals surface area (Å²) in [6.07, 6.45) is 2.21. The summed E-state index contributed by atoms with van der Waals surface area (Å²) in [6, 6.07) is 20.3. The molecule has 6 nitrogen and oxygen atoms in total. The number of hydrogen-bond acceptors (Lipinski definition) is 5. The predicted molar refractivity (Wildman–Crippen MR) is 118 cm³/mol. The number of nitrogens with zero attached hydrogens (tertiary/aromatic N) is 1. The Balaban J connectivity index is 1.84. The number of carbonyl (C=O) groups excluding carboxylic acids is 1. The number of fused-ring (bicyclic) bond motifs is 1. The number of benzene rings is 2. The molecule has 0 fully saturated rings. The Kier molecular flexibility index (Phi) is 6.29. The van der Waals surface area contributed by atoms with E-state index in [0.29, 0.717) is 41.7 Å². The minimum Gasteiger partial charge on any atom is -0.467 e. The molecule has 0 N–H and O–H groups in total. The summed E-state index contributed by atoms with van der Waals surface area (Å²) in [5, 5.41) is 1.12. The highest BCUT2D eigenvalue weighted by Crippen LogP contribution is 2.31. The van der Waals surface area contributed by atoms with Gasteiger partial charge in [-0.05, 0) is 30.2 Å². The maximum absolute atomic E-state index is 13.7. The van der Waals surface area contributed by atoms with Crippen LogP contribution < -0.4 is 5.63 Å². The fraction of sp³-hybridized carbons (Fsp3) is 0.200. The Morgan fingerprint density at radius 3 is 2.42 bits per heavy atom. The van der Waals surface area contributed by atoms with Gasteiger partial charge in [-0.3, -0.25) is 4.79 Å². The number of methoxy groups -OCH3 is 1. The van der Waals surface area contributed by atoms with Crippen molar-refractivity contribution in [3.63, 3.8) is 0 Å². The highest BCUT2D eigenvalue weighted by Gasteiger charge is 2.26. The van der Waals surface area contributed by atoms with Crippen LogP contribution in [0.25, 0.3) is 21.9 Å². The molecule has 2 aromatic heterocycles. The lowest BCUT2D eigenvalue weighted by Gasteiger charge is -2.22. The molecule has 0 bridgehead atoms. The molecule has 0 aliphatic rings. The van der Waals surface area contributed by atoms with E-state index in [9.17, 15) is 9.59 Å². The highest BCUT2D eigenvalue weighted by molar-refractivity contribution is 6.07. The van der Waals surface area contributed by atoms with Crippen molar-refractivity contribution in [2.24, 2.45) is 0 Å². The summed E-state index contributed by atoms with van der Waals surface area (Å²) in [6.45, 7) is 1.20. The quantitative estimate of drug-likeness (QED) is 0.388. The van der Waals surface area contributed by atoms with Crippen LogP contribution in [0.15, 0.2) is 86.6 Å². The average Bonchev–Trinajstić information content (AvgIpc) is 3.32. The fourth-order valence-corrected chi connectivity index (χ4v) is 3.63. The summed E-state index contributed by atoms with van der Waals surface area (Å²) < 4.78 is 16.2. The van der Waals surface area contributed by atoms with Crippen molar-refractivity contribution in [3.05, 3.63) is 94.9 Å². The van der Waals surface area contributed by atoms with E-state index in [4.69, 9.17) is 13.6 Å². The molecule has 0 radical (unpaired) electrons. The van der Waals surface area contributed by atoms with Crippen LogP contribution in [0.3, 0.4) is 0 Å². The molecule has 31 heavy (non-hydrogen) atoms. The molecule has 0 saturated carbocycles. The minimum absolute atomic E-state index is 0.0267. The third-order valence-electron chi connectivity index (χ3n) is 5.09. The summed E-state index contributed by atoms with van der Waals surface area (Å²) in [5.41, 5.74) is 0.881. The molecule has 2 aromatic carbocycles. The van der Waals surface area contributed by atoms with E-state index in [2.05, 4.69) is 0 Å². The summed E-state index contributed by atoms with van der Waals surface area (Å²) in [5.74, 6) is 0.309. The molecule has 6 heteroatoms. The molecule has 0 atom stereocenters. The van der Waals surface area contributed by atoms with Gasteiger partial charge in [-0.25, -0.2) is 4.79 Å². The maximum atomic E-state index is 13.7. The van der Waals surface area contributed by atoms with E-state index in [-0.39, 0.29) is 18.2 Å². The van der Waals surface area contributed by atoms with Crippen LogP contribution in [0, 0.1) is 0 Å². The Labute approximate surface area is 179 Å². The van der Waals surface area contributed by atoms with Crippen molar-refractivity contribution in [3.8, 4) is 11.1 Å². The van der Waals surface area contributed by atoms with E-state index in [1.54, 1.807) is 36.5 Å². The lowest BCUT2D eigenvalue weighted by atomic mass is 9.98. The van der Waals surface area contributed by atoms with Crippen LogP contribution in [0.5, 0.6) is 0 Å². The Morgan fingerprint density at radius 2 is 1.71 bits per heavy atom. The Morgan fingerprint density at radius 1 is 0.968 bits per heavy atom. The van der Waals surface area contributed by atoms with Crippen LogP contribution >= 0.6 is 0 Å². The largest absolute Gasteiger partial charge is 0.467 e. The lowest BCUT2D eigenvalue weighted by molar-refractivity contribution is 0.0676. The van der Waals surface area contributed by atoms with E-state index < -0.39 is 5.63 Å². The van der Waals surface area contributed by atoms with Gasteiger partial charge >= 0.3 is 5.63 Å². The van der Waals surface area contributed by atoms with Gasteiger partial charge in [0, 0.05) is 31.2 Å². The zero-order valence-corrected chi connectivity index (χ0v) is 17.2. The standard InChI is InChI=1S/C25H23NO5/c1-29-15-8-14-26(17-19-11-7-16-30-19)24(27)23-22(18-9-3-2-4-10-18)20-12-5-6-13-21(20)25(28)31-23/h2-7,9-13,16H,8,14-15,17H2,1H3. The van der Waals surface area contributed by atoms with Gasteiger partial charge in [0.25, 0.3) is 5.91 Å². The zero-order valence-electron chi connectivity index (χ0n) is 17.2. The second kappa shape index (κ2) is 9.45. The van der Waals surface area contributed by atoms with E-state index in [1.807, 2.05) is 48.5 Å². The molecule has 0 aliphatic carbocycles. The first-order valence-electron chi connectivity index (χ1n) is 10.1. The van der Waals surface area contributed by atoms with Gasteiger partial charge in [-0.1, -0.05) is 48.5 Å². The predicted octanol–water partition coefficient (Wildman–Crippen LogP) is 4.73. The van der Waals surface area contributed by atoms with Gasteiger partial charge in [-0.15, -0.1) is 0 Å².